The molecule has 0 bridgehead atoms. The Morgan fingerprint density at radius 2 is 1.95 bits per heavy atom. The minimum absolute atomic E-state index is 0.554. The van der Waals surface area contributed by atoms with Gasteiger partial charge in [-0.05, 0) is 44.9 Å². The number of halogens is 2. The SMILES string of the molecule is CC(C)=CN1CCCC1=Nc1cc(Cl)c(Cl)cc1C. The second-order valence-electron chi connectivity index (χ2n) is 5.08. The predicted octanol–water partition coefficient (Wildman–Crippen LogP) is 5.35. The van der Waals surface area contributed by atoms with E-state index in [9.17, 15) is 0 Å². The fourth-order valence-corrected chi connectivity index (χ4v) is 2.52. The molecular weight excluding hydrogens is 279 g/mol. The summed E-state index contributed by atoms with van der Waals surface area (Å²) in [6, 6.07) is 3.70. The van der Waals surface area contributed by atoms with Gasteiger partial charge in [0.25, 0.3) is 0 Å². The van der Waals surface area contributed by atoms with Crippen LogP contribution >= 0.6 is 23.2 Å². The molecule has 1 fully saturated rings. The molecule has 0 saturated carbocycles. The standard InChI is InChI=1S/C15H18Cl2N2/c1-10(2)9-19-6-4-5-15(19)18-14-8-13(17)12(16)7-11(14)3/h7-9H,4-6H2,1-3H3. The van der Waals surface area contributed by atoms with Crippen LogP contribution in [-0.4, -0.2) is 17.3 Å². The van der Waals surface area contributed by atoms with Crippen LogP contribution in [0.25, 0.3) is 0 Å². The number of hydrogen-bond donors (Lipinski definition) is 0. The van der Waals surface area contributed by atoms with Crippen molar-refractivity contribution >= 4 is 34.7 Å². The molecule has 1 saturated heterocycles. The van der Waals surface area contributed by atoms with Crippen LogP contribution in [0.2, 0.25) is 10.0 Å². The molecule has 1 heterocycles. The van der Waals surface area contributed by atoms with Crippen LogP contribution in [0.3, 0.4) is 0 Å². The van der Waals surface area contributed by atoms with Crippen molar-refractivity contribution < 1.29 is 0 Å². The summed E-state index contributed by atoms with van der Waals surface area (Å²) in [5.74, 6) is 1.10. The number of hydrogen-bond acceptors (Lipinski definition) is 1. The zero-order chi connectivity index (χ0) is 14.0. The Balaban J connectivity index is 2.35. The highest BCUT2D eigenvalue weighted by molar-refractivity contribution is 6.42. The number of amidine groups is 1. The Kier molecular flexibility index (Phi) is 4.54. The van der Waals surface area contributed by atoms with Gasteiger partial charge in [0.05, 0.1) is 15.7 Å². The van der Waals surface area contributed by atoms with E-state index >= 15 is 0 Å². The monoisotopic (exact) mass is 296 g/mol. The van der Waals surface area contributed by atoms with Gasteiger partial charge in [0.15, 0.2) is 0 Å². The van der Waals surface area contributed by atoms with Crippen molar-refractivity contribution in [1.82, 2.24) is 4.90 Å². The van der Waals surface area contributed by atoms with Crippen LogP contribution in [0.4, 0.5) is 5.69 Å². The minimum atomic E-state index is 0.554. The predicted molar refractivity (Wildman–Crippen MR) is 83.7 cm³/mol. The maximum atomic E-state index is 6.07. The summed E-state index contributed by atoms with van der Waals surface area (Å²) in [4.78, 5) is 6.97. The summed E-state index contributed by atoms with van der Waals surface area (Å²) in [6.45, 7) is 7.23. The number of benzene rings is 1. The van der Waals surface area contributed by atoms with E-state index in [4.69, 9.17) is 28.2 Å². The first kappa shape index (κ1) is 14.4. The molecule has 19 heavy (non-hydrogen) atoms. The third-order valence-electron chi connectivity index (χ3n) is 3.03. The zero-order valence-corrected chi connectivity index (χ0v) is 13.0. The fourth-order valence-electron chi connectivity index (χ4n) is 2.15. The highest BCUT2D eigenvalue weighted by Crippen LogP contribution is 2.31. The Morgan fingerprint density at radius 1 is 1.26 bits per heavy atom. The first-order valence-electron chi connectivity index (χ1n) is 6.42. The Hall–Kier alpha value is -0.990. The van der Waals surface area contributed by atoms with Crippen molar-refractivity contribution in [3.8, 4) is 0 Å². The third-order valence-corrected chi connectivity index (χ3v) is 3.76. The molecule has 1 aliphatic heterocycles. The molecule has 1 aliphatic rings. The van der Waals surface area contributed by atoms with Gasteiger partial charge in [-0.15, -0.1) is 0 Å². The van der Waals surface area contributed by atoms with E-state index in [1.165, 1.54) is 5.57 Å². The van der Waals surface area contributed by atoms with E-state index in [0.717, 1.165) is 36.5 Å². The van der Waals surface area contributed by atoms with Crippen molar-refractivity contribution in [1.29, 1.82) is 0 Å². The lowest BCUT2D eigenvalue weighted by atomic mass is 10.2. The van der Waals surface area contributed by atoms with Crippen LogP contribution in [0.1, 0.15) is 32.3 Å². The molecule has 4 heteroatoms. The second kappa shape index (κ2) is 5.98. The summed E-state index contributed by atoms with van der Waals surface area (Å²) >= 11 is 12.1. The van der Waals surface area contributed by atoms with Crippen LogP contribution < -0.4 is 0 Å². The van der Waals surface area contributed by atoms with E-state index < -0.39 is 0 Å². The quantitative estimate of drug-likeness (QED) is 0.718. The van der Waals surface area contributed by atoms with Gasteiger partial charge in [-0.3, -0.25) is 0 Å². The lowest BCUT2D eigenvalue weighted by Gasteiger charge is -2.15. The summed E-state index contributed by atoms with van der Waals surface area (Å²) in [7, 11) is 0. The van der Waals surface area contributed by atoms with E-state index in [0.29, 0.717) is 10.0 Å². The Labute approximate surface area is 124 Å². The Bertz CT molecular complexity index is 543. The average molecular weight is 297 g/mol. The molecule has 0 amide bonds. The van der Waals surface area contributed by atoms with Crippen molar-refractivity contribution in [2.75, 3.05) is 6.54 Å². The molecule has 102 valence electrons. The molecule has 1 aromatic rings. The number of aryl methyl sites for hydroxylation is 1. The minimum Gasteiger partial charge on any atom is -0.337 e. The number of nitrogens with zero attached hydrogens (tertiary/aromatic N) is 2. The topological polar surface area (TPSA) is 15.6 Å². The van der Waals surface area contributed by atoms with Crippen LogP contribution in [0, 0.1) is 6.92 Å². The summed E-state index contributed by atoms with van der Waals surface area (Å²) in [5.41, 5.74) is 3.23. The highest BCUT2D eigenvalue weighted by atomic mass is 35.5. The second-order valence-corrected chi connectivity index (χ2v) is 5.90. The number of likely N-dealkylation sites (tertiary alicyclic amines) is 1. The number of aliphatic imine (C=N–C) groups is 1. The largest absolute Gasteiger partial charge is 0.337 e. The average Bonchev–Trinajstić information content (AvgIpc) is 2.72. The van der Waals surface area contributed by atoms with E-state index in [1.807, 2.05) is 19.1 Å². The van der Waals surface area contributed by atoms with Gasteiger partial charge in [0.1, 0.15) is 5.84 Å². The molecule has 0 aliphatic carbocycles. The van der Waals surface area contributed by atoms with Crippen LogP contribution in [0.15, 0.2) is 28.9 Å². The smallest absolute Gasteiger partial charge is 0.109 e. The highest BCUT2D eigenvalue weighted by Gasteiger charge is 2.17. The van der Waals surface area contributed by atoms with Crippen molar-refractivity contribution in [3.05, 3.63) is 39.5 Å². The van der Waals surface area contributed by atoms with E-state index in [-0.39, 0.29) is 0 Å². The van der Waals surface area contributed by atoms with E-state index in [2.05, 4.69) is 24.9 Å². The normalized spacial score (nSPS) is 17.1. The fraction of sp³-hybridized carbons (Fsp3) is 0.400. The van der Waals surface area contributed by atoms with Gasteiger partial charge in [-0.2, -0.15) is 0 Å². The zero-order valence-electron chi connectivity index (χ0n) is 11.5. The first-order valence-corrected chi connectivity index (χ1v) is 7.18. The van der Waals surface area contributed by atoms with E-state index in [1.54, 1.807) is 0 Å². The van der Waals surface area contributed by atoms with Gasteiger partial charge in [-0.1, -0.05) is 28.8 Å². The molecule has 2 nitrogen and oxygen atoms in total. The first-order chi connectivity index (χ1) is 8.97. The summed E-state index contributed by atoms with van der Waals surface area (Å²) in [5, 5.41) is 1.13. The Morgan fingerprint density at radius 3 is 2.63 bits per heavy atom. The molecule has 2 rings (SSSR count). The van der Waals surface area contributed by atoms with Crippen molar-refractivity contribution in [3.63, 3.8) is 0 Å². The lowest BCUT2D eigenvalue weighted by molar-refractivity contribution is 0.598. The number of rotatable bonds is 2. The summed E-state index contributed by atoms with van der Waals surface area (Å²) < 4.78 is 0. The summed E-state index contributed by atoms with van der Waals surface area (Å²) in [6.07, 6.45) is 4.30. The molecule has 0 spiro atoms. The van der Waals surface area contributed by atoms with Crippen molar-refractivity contribution in [2.45, 2.75) is 33.6 Å². The molecule has 0 atom stereocenters. The molecule has 0 aromatic heterocycles. The maximum Gasteiger partial charge on any atom is 0.109 e. The maximum absolute atomic E-state index is 6.07. The van der Waals surface area contributed by atoms with Gasteiger partial charge >= 0.3 is 0 Å². The van der Waals surface area contributed by atoms with Gasteiger partial charge in [0.2, 0.25) is 0 Å². The molecule has 0 unspecified atom stereocenters. The van der Waals surface area contributed by atoms with Crippen LogP contribution in [0.5, 0.6) is 0 Å². The van der Waals surface area contributed by atoms with Gasteiger partial charge in [0, 0.05) is 19.2 Å². The lowest BCUT2D eigenvalue weighted by Crippen LogP contribution is -2.18. The third kappa shape index (κ3) is 3.52. The molecule has 0 N–H and O–H groups in total. The molecule has 1 aromatic carbocycles. The van der Waals surface area contributed by atoms with Gasteiger partial charge < -0.3 is 4.90 Å². The molecule has 0 radical (unpaired) electrons. The number of allylic oxidation sites excluding steroid dienone is 1. The van der Waals surface area contributed by atoms with Crippen molar-refractivity contribution in [2.24, 2.45) is 4.99 Å². The van der Waals surface area contributed by atoms with Gasteiger partial charge in [-0.25, -0.2) is 4.99 Å². The molecular formula is C15H18Cl2N2. The van der Waals surface area contributed by atoms with Crippen LogP contribution in [-0.2, 0) is 0 Å².